The fourth-order valence-electron chi connectivity index (χ4n) is 4.23. The second-order valence-corrected chi connectivity index (χ2v) is 10.6. The summed E-state index contributed by atoms with van der Waals surface area (Å²) in [5.41, 5.74) is 4.07. The van der Waals surface area contributed by atoms with Gasteiger partial charge in [-0.05, 0) is 61.3 Å². The number of para-hydroxylation sites is 1. The molecule has 1 aliphatic heterocycles. The number of likely N-dealkylation sites (N-methyl/N-ethyl adjacent to an activating group) is 1. The van der Waals surface area contributed by atoms with E-state index in [1.807, 2.05) is 36.4 Å². The van der Waals surface area contributed by atoms with Crippen LogP contribution in [0.25, 0.3) is 20.8 Å². The van der Waals surface area contributed by atoms with Gasteiger partial charge >= 0.3 is 0 Å². The Kier molecular flexibility index (Phi) is 6.94. The smallest absolute Gasteiger partial charge is 0.256 e. The van der Waals surface area contributed by atoms with E-state index < -0.39 is 0 Å². The standard InChI is InChI=1S/C27H29N3O2S2/c1-3-5-16-32-19-12-10-18(11-13-19)25(31)29-27-24(20-14-15-30(4-2)17-23(20)34-27)26-28-21-8-6-7-9-22(21)33-26/h6-13H,3-5,14-17H2,1-2H3,(H,29,31). The van der Waals surface area contributed by atoms with E-state index in [2.05, 4.69) is 36.2 Å². The van der Waals surface area contributed by atoms with Gasteiger partial charge in [-0.1, -0.05) is 32.4 Å². The van der Waals surface area contributed by atoms with Gasteiger partial charge in [0, 0.05) is 29.1 Å². The van der Waals surface area contributed by atoms with Crippen LogP contribution >= 0.6 is 22.7 Å². The van der Waals surface area contributed by atoms with Gasteiger partial charge in [0.05, 0.1) is 16.8 Å². The van der Waals surface area contributed by atoms with Gasteiger partial charge in [0.2, 0.25) is 0 Å². The number of amides is 1. The maximum absolute atomic E-state index is 13.2. The second-order valence-electron chi connectivity index (χ2n) is 8.49. The van der Waals surface area contributed by atoms with Crippen molar-refractivity contribution < 1.29 is 9.53 Å². The lowest BCUT2D eigenvalue weighted by molar-refractivity contribution is 0.102. The molecule has 0 unspecified atom stereocenters. The number of rotatable bonds is 8. The summed E-state index contributed by atoms with van der Waals surface area (Å²) in [6.07, 6.45) is 3.10. The minimum atomic E-state index is -0.103. The van der Waals surface area contributed by atoms with Crippen LogP contribution in [-0.4, -0.2) is 35.5 Å². The average molecular weight is 492 g/mol. The molecule has 0 saturated heterocycles. The molecule has 0 radical (unpaired) electrons. The van der Waals surface area contributed by atoms with Crippen LogP contribution in [-0.2, 0) is 13.0 Å². The van der Waals surface area contributed by atoms with Crippen LogP contribution in [0.1, 0.15) is 47.5 Å². The van der Waals surface area contributed by atoms with Crippen molar-refractivity contribution in [3.63, 3.8) is 0 Å². The molecule has 0 bridgehead atoms. The van der Waals surface area contributed by atoms with Crippen LogP contribution in [0.3, 0.4) is 0 Å². The zero-order chi connectivity index (χ0) is 23.5. The van der Waals surface area contributed by atoms with Crippen molar-refractivity contribution in [2.45, 2.75) is 39.7 Å². The Labute approximate surface area is 208 Å². The van der Waals surface area contributed by atoms with Gasteiger partial charge in [0.15, 0.2) is 0 Å². The van der Waals surface area contributed by atoms with E-state index in [4.69, 9.17) is 9.72 Å². The maximum atomic E-state index is 13.2. The number of hydrogen-bond acceptors (Lipinski definition) is 6. The Hall–Kier alpha value is -2.74. The van der Waals surface area contributed by atoms with Crippen molar-refractivity contribution in [3.8, 4) is 16.3 Å². The number of ether oxygens (including phenoxy) is 1. The first-order valence-electron chi connectivity index (χ1n) is 11.9. The number of hydrogen-bond donors (Lipinski definition) is 1. The highest BCUT2D eigenvalue weighted by molar-refractivity contribution is 7.23. The molecule has 34 heavy (non-hydrogen) atoms. The highest BCUT2D eigenvalue weighted by Gasteiger charge is 2.27. The molecule has 1 amide bonds. The number of nitrogens with one attached hydrogen (secondary N) is 1. The fourth-order valence-corrected chi connectivity index (χ4v) is 6.63. The monoisotopic (exact) mass is 491 g/mol. The molecule has 4 aromatic rings. The van der Waals surface area contributed by atoms with Crippen molar-refractivity contribution in [1.29, 1.82) is 0 Å². The topological polar surface area (TPSA) is 54.5 Å². The number of thiophene rings is 1. The largest absolute Gasteiger partial charge is 0.494 e. The molecule has 2 aromatic carbocycles. The lowest BCUT2D eigenvalue weighted by Crippen LogP contribution is -2.29. The number of nitrogens with zero attached hydrogens (tertiary/aromatic N) is 2. The number of carbonyl (C=O) groups is 1. The van der Waals surface area contributed by atoms with E-state index in [1.54, 1.807) is 22.7 Å². The Morgan fingerprint density at radius 3 is 2.71 bits per heavy atom. The summed E-state index contributed by atoms with van der Waals surface area (Å²) >= 11 is 3.39. The predicted octanol–water partition coefficient (Wildman–Crippen LogP) is 6.83. The van der Waals surface area contributed by atoms with Crippen molar-refractivity contribution >= 4 is 43.8 Å². The van der Waals surface area contributed by atoms with E-state index in [9.17, 15) is 4.79 Å². The van der Waals surface area contributed by atoms with Crippen molar-refractivity contribution in [2.75, 3.05) is 25.0 Å². The number of benzene rings is 2. The second kappa shape index (κ2) is 10.3. The minimum absolute atomic E-state index is 0.103. The SMILES string of the molecule is CCCCOc1ccc(C(=O)Nc2sc3c(c2-c2nc4ccccc4s2)CCN(CC)C3)cc1. The van der Waals surface area contributed by atoms with Gasteiger partial charge in [0.25, 0.3) is 5.91 Å². The molecule has 0 atom stereocenters. The summed E-state index contributed by atoms with van der Waals surface area (Å²) in [6, 6.07) is 15.6. The quantitative estimate of drug-likeness (QED) is 0.274. The van der Waals surface area contributed by atoms with Gasteiger partial charge in [0.1, 0.15) is 15.8 Å². The highest BCUT2D eigenvalue weighted by atomic mass is 32.1. The molecule has 7 heteroatoms. The third kappa shape index (κ3) is 4.73. The number of thiazole rings is 1. The first kappa shape index (κ1) is 23.0. The number of carbonyl (C=O) groups excluding carboxylic acids is 1. The molecular formula is C27H29N3O2S2. The van der Waals surface area contributed by atoms with Crippen LogP contribution in [0.15, 0.2) is 48.5 Å². The summed E-state index contributed by atoms with van der Waals surface area (Å²) in [6.45, 7) is 8.03. The molecule has 176 valence electrons. The molecule has 3 heterocycles. The molecule has 1 aliphatic rings. The molecule has 1 N–H and O–H groups in total. The summed E-state index contributed by atoms with van der Waals surface area (Å²) in [7, 11) is 0. The van der Waals surface area contributed by atoms with Crippen LogP contribution < -0.4 is 10.1 Å². The first-order chi connectivity index (χ1) is 16.7. The zero-order valence-electron chi connectivity index (χ0n) is 19.6. The van der Waals surface area contributed by atoms with E-state index in [0.717, 1.165) is 65.7 Å². The Morgan fingerprint density at radius 1 is 1.12 bits per heavy atom. The summed E-state index contributed by atoms with van der Waals surface area (Å²) < 4.78 is 6.91. The fraction of sp³-hybridized carbons (Fsp3) is 0.333. The van der Waals surface area contributed by atoms with Gasteiger partial charge in [-0.15, -0.1) is 22.7 Å². The Morgan fingerprint density at radius 2 is 1.94 bits per heavy atom. The van der Waals surface area contributed by atoms with Gasteiger partial charge < -0.3 is 10.1 Å². The Balaban J connectivity index is 1.45. The number of fused-ring (bicyclic) bond motifs is 2. The molecule has 5 nitrogen and oxygen atoms in total. The molecular weight excluding hydrogens is 462 g/mol. The van der Waals surface area contributed by atoms with Crippen molar-refractivity contribution in [1.82, 2.24) is 9.88 Å². The highest BCUT2D eigenvalue weighted by Crippen LogP contribution is 2.45. The zero-order valence-corrected chi connectivity index (χ0v) is 21.2. The van der Waals surface area contributed by atoms with Crippen molar-refractivity contribution in [2.24, 2.45) is 0 Å². The van der Waals surface area contributed by atoms with E-state index >= 15 is 0 Å². The van der Waals surface area contributed by atoms with Crippen LogP contribution in [0, 0.1) is 0 Å². The molecule has 0 aliphatic carbocycles. The molecule has 5 rings (SSSR count). The summed E-state index contributed by atoms with van der Waals surface area (Å²) in [4.78, 5) is 21.9. The molecule has 0 fully saturated rings. The van der Waals surface area contributed by atoms with Crippen LogP contribution in [0.5, 0.6) is 5.75 Å². The van der Waals surface area contributed by atoms with E-state index in [-0.39, 0.29) is 5.91 Å². The maximum Gasteiger partial charge on any atom is 0.256 e. The lowest BCUT2D eigenvalue weighted by Gasteiger charge is -2.25. The van der Waals surface area contributed by atoms with Gasteiger partial charge in [-0.3, -0.25) is 9.69 Å². The Bertz CT molecular complexity index is 1260. The molecule has 2 aromatic heterocycles. The normalized spacial score (nSPS) is 13.7. The van der Waals surface area contributed by atoms with Crippen LogP contribution in [0.2, 0.25) is 0 Å². The third-order valence-electron chi connectivity index (χ3n) is 6.20. The number of unbranched alkanes of at least 4 members (excludes halogenated alkanes) is 1. The van der Waals surface area contributed by atoms with E-state index in [1.165, 1.54) is 15.1 Å². The first-order valence-corrected chi connectivity index (χ1v) is 13.6. The van der Waals surface area contributed by atoms with E-state index in [0.29, 0.717) is 12.2 Å². The summed E-state index contributed by atoms with van der Waals surface area (Å²) in [5.74, 6) is 0.694. The lowest BCUT2D eigenvalue weighted by atomic mass is 10.0. The average Bonchev–Trinajstić information content (AvgIpc) is 3.44. The number of aromatic nitrogens is 1. The molecule has 0 spiro atoms. The van der Waals surface area contributed by atoms with Crippen molar-refractivity contribution in [3.05, 3.63) is 64.5 Å². The van der Waals surface area contributed by atoms with Crippen LogP contribution in [0.4, 0.5) is 5.00 Å². The number of anilines is 1. The third-order valence-corrected chi connectivity index (χ3v) is 8.39. The molecule has 0 saturated carbocycles. The minimum Gasteiger partial charge on any atom is -0.494 e. The summed E-state index contributed by atoms with van der Waals surface area (Å²) in [5, 5.41) is 5.10. The van der Waals surface area contributed by atoms with Gasteiger partial charge in [-0.2, -0.15) is 0 Å². The van der Waals surface area contributed by atoms with Gasteiger partial charge in [-0.25, -0.2) is 4.98 Å². The predicted molar refractivity (Wildman–Crippen MR) is 142 cm³/mol.